The van der Waals surface area contributed by atoms with Crippen molar-refractivity contribution in [1.29, 1.82) is 0 Å². The van der Waals surface area contributed by atoms with Gasteiger partial charge in [0.25, 0.3) is 0 Å². The standard InChI is InChI=1S/C25H37FN3O8P/c1-19(29(18-30)14-13-24(31)27-2)15-23(34-3)17-35-38(33,37-22-11-9-20(26)10-12-22)28-16-25(32)36-21-7-5-4-6-8-21/h9-14,18-19,21,23H,4-8,15-17H2,1-3H3,(H,27,31)(H,28,33)/b14-13-. The number of carbonyl (C=O) groups is 3. The molecule has 1 fully saturated rings. The SMILES string of the molecule is CNC(=O)/C=C\N(C=O)C(C)CC(COP(=O)(NCC(=O)OC1CCCCC1)Oc1ccc(F)cc1)OC. The number of halogens is 1. The minimum atomic E-state index is -4.14. The van der Waals surface area contributed by atoms with Crippen molar-refractivity contribution in [3.05, 3.63) is 42.4 Å². The average molecular weight is 558 g/mol. The fraction of sp³-hybridized carbons (Fsp3) is 0.560. The third-order valence-electron chi connectivity index (χ3n) is 5.95. The Labute approximate surface area is 222 Å². The zero-order valence-corrected chi connectivity index (χ0v) is 22.9. The highest BCUT2D eigenvalue weighted by molar-refractivity contribution is 7.52. The van der Waals surface area contributed by atoms with Crippen LogP contribution in [0.25, 0.3) is 0 Å². The highest BCUT2D eigenvalue weighted by Gasteiger charge is 2.31. The second kappa shape index (κ2) is 16.2. The lowest BCUT2D eigenvalue weighted by molar-refractivity contribution is -0.149. The van der Waals surface area contributed by atoms with Gasteiger partial charge in [-0.05, 0) is 63.3 Å². The molecule has 1 aromatic carbocycles. The monoisotopic (exact) mass is 557 g/mol. The first-order valence-corrected chi connectivity index (χ1v) is 14.0. The molecule has 2 rings (SSSR count). The summed E-state index contributed by atoms with van der Waals surface area (Å²) in [4.78, 5) is 36.6. The van der Waals surface area contributed by atoms with Gasteiger partial charge < -0.3 is 24.2 Å². The molecule has 2 amide bonds. The maximum atomic E-state index is 13.5. The van der Waals surface area contributed by atoms with Crippen LogP contribution >= 0.6 is 7.75 Å². The van der Waals surface area contributed by atoms with E-state index in [4.69, 9.17) is 18.5 Å². The van der Waals surface area contributed by atoms with Crippen LogP contribution in [0.4, 0.5) is 4.39 Å². The Kier molecular flexibility index (Phi) is 13.4. The molecule has 0 saturated heterocycles. The van der Waals surface area contributed by atoms with E-state index in [1.165, 1.54) is 43.5 Å². The van der Waals surface area contributed by atoms with E-state index in [1.807, 2.05) is 0 Å². The first-order chi connectivity index (χ1) is 18.2. The number of nitrogens with zero attached hydrogens (tertiary/aromatic N) is 1. The number of methoxy groups -OCH3 is 1. The number of likely N-dealkylation sites (N-methyl/N-ethyl adjacent to an activating group) is 1. The van der Waals surface area contributed by atoms with Crippen LogP contribution in [-0.2, 0) is 32.9 Å². The third kappa shape index (κ3) is 11.3. The lowest BCUT2D eigenvalue weighted by Gasteiger charge is -2.27. The molecule has 1 aliphatic rings. The van der Waals surface area contributed by atoms with Crippen LogP contribution in [0.15, 0.2) is 36.5 Å². The highest BCUT2D eigenvalue weighted by Crippen LogP contribution is 2.44. The molecule has 11 nitrogen and oxygen atoms in total. The molecule has 212 valence electrons. The zero-order valence-electron chi connectivity index (χ0n) is 22.0. The maximum Gasteiger partial charge on any atom is 0.459 e. The lowest BCUT2D eigenvalue weighted by Crippen LogP contribution is -2.34. The van der Waals surface area contributed by atoms with E-state index in [9.17, 15) is 23.3 Å². The van der Waals surface area contributed by atoms with Gasteiger partial charge in [0.1, 0.15) is 24.2 Å². The molecule has 0 radical (unpaired) electrons. The van der Waals surface area contributed by atoms with Gasteiger partial charge >= 0.3 is 13.7 Å². The van der Waals surface area contributed by atoms with Crippen molar-refractivity contribution in [3.8, 4) is 5.75 Å². The highest BCUT2D eigenvalue weighted by atomic mass is 31.2. The van der Waals surface area contributed by atoms with Gasteiger partial charge in [0, 0.05) is 32.5 Å². The summed E-state index contributed by atoms with van der Waals surface area (Å²) < 4.78 is 48.9. The molecule has 0 aromatic heterocycles. The lowest BCUT2D eigenvalue weighted by atomic mass is 9.98. The first kappa shape index (κ1) is 31.4. The topological polar surface area (TPSA) is 132 Å². The van der Waals surface area contributed by atoms with Crippen molar-refractivity contribution in [3.63, 3.8) is 0 Å². The minimum absolute atomic E-state index is 0.0664. The zero-order chi connectivity index (χ0) is 28.0. The third-order valence-corrected chi connectivity index (χ3v) is 7.44. The number of hydrogen-bond acceptors (Lipinski definition) is 8. The molecule has 1 saturated carbocycles. The molecule has 2 N–H and O–H groups in total. The van der Waals surface area contributed by atoms with Crippen molar-refractivity contribution in [2.45, 2.75) is 63.7 Å². The van der Waals surface area contributed by atoms with Crippen LogP contribution in [0.5, 0.6) is 5.75 Å². The van der Waals surface area contributed by atoms with E-state index in [2.05, 4.69) is 10.4 Å². The molecule has 0 spiro atoms. The maximum absolute atomic E-state index is 13.5. The first-order valence-electron chi connectivity index (χ1n) is 12.5. The Morgan fingerprint density at radius 2 is 1.89 bits per heavy atom. The molecule has 3 unspecified atom stereocenters. The van der Waals surface area contributed by atoms with E-state index >= 15 is 0 Å². The smallest absolute Gasteiger partial charge is 0.459 e. The van der Waals surface area contributed by atoms with E-state index in [0.717, 1.165) is 44.2 Å². The molecular weight excluding hydrogens is 520 g/mol. The molecule has 0 heterocycles. The van der Waals surface area contributed by atoms with Gasteiger partial charge in [-0.2, -0.15) is 0 Å². The number of hydrogen-bond donors (Lipinski definition) is 2. The van der Waals surface area contributed by atoms with Gasteiger partial charge in [-0.15, -0.1) is 0 Å². The molecule has 1 aromatic rings. The number of benzene rings is 1. The molecule has 38 heavy (non-hydrogen) atoms. The Morgan fingerprint density at radius 3 is 2.50 bits per heavy atom. The molecule has 13 heteroatoms. The van der Waals surface area contributed by atoms with Crippen LogP contribution in [0, 0.1) is 5.82 Å². The van der Waals surface area contributed by atoms with Crippen LogP contribution in [0.3, 0.4) is 0 Å². The minimum Gasteiger partial charge on any atom is -0.461 e. The van der Waals surface area contributed by atoms with Gasteiger partial charge in [-0.25, -0.2) is 14.0 Å². The average Bonchev–Trinajstić information content (AvgIpc) is 2.92. The second-order valence-electron chi connectivity index (χ2n) is 8.85. The summed E-state index contributed by atoms with van der Waals surface area (Å²) in [5, 5.41) is 4.94. The summed E-state index contributed by atoms with van der Waals surface area (Å²) in [6, 6.07) is 4.43. The number of rotatable bonds is 16. The van der Waals surface area contributed by atoms with E-state index in [0.29, 0.717) is 6.41 Å². The predicted octanol–water partition coefficient (Wildman–Crippen LogP) is 3.31. The normalized spacial score (nSPS) is 17.3. The van der Waals surface area contributed by atoms with Crippen molar-refractivity contribution in [2.75, 3.05) is 27.3 Å². The summed E-state index contributed by atoms with van der Waals surface area (Å²) in [7, 11) is -1.25. The Bertz CT molecular complexity index is 972. The van der Waals surface area contributed by atoms with Gasteiger partial charge in [0.2, 0.25) is 12.3 Å². The Hall–Kier alpha value is -2.79. The number of nitrogens with one attached hydrogen (secondary N) is 2. The molecule has 1 aliphatic carbocycles. The van der Waals surface area contributed by atoms with Crippen molar-refractivity contribution >= 4 is 26.0 Å². The van der Waals surface area contributed by atoms with Gasteiger partial charge in [-0.1, -0.05) is 6.42 Å². The number of amides is 2. The predicted molar refractivity (Wildman–Crippen MR) is 138 cm³/mol. The summed E-state index contributed by atoms with van der Waals surface area (Å²) in [5.74, 6) is -1.40. The van der Waals surface area contributed by atoms with E-state index in [-0.39, 0.29) is 30.8 Å². The van der Waals surface area contributed by atoms with Gasteiger partial charge in [-0.3, -0.25) is 18.9 Å². The van der Waals surface area contributed by atoms with E-state index in [1.54, 1.807) is 6.92 Å². The van der Waals surface area contributed by atoms with Crippen LogP contribution in [-0.4, -0.2) is 68.7 Å². The fourth-order valence-electron chi connectivity index (χ4n) is 3.75. The van der Waals surface area contributed by atoms with Crippen molar-refractivity contribution in [2.24, 2.45) is 0 Å². The number of ether oxygens (including phenoxy) is 2. The molecule has 0 aliphatic heterocycles. The van der Waals surface area contributed by atoms with Crippen molar-refractivity contribution in [1.82, 2.24) is 15.3 Å². The molecule has 0 bridgehead atoms. The summed E-state index contributed by atoms with van der Waals surface area (Å²) >= 11 is 0. The second-order valence-corrected chi connectivity index (χ2v) is 10.6. The van der Waals surface area contributed by atoms with Crippen LogP contribution < -0.4 is 14.9 Å². The summed E-state index contributed by atoms with van der Waals surface area (Å²) in [6.07, 6.45) is 7.22. The summed E-state index contributed by atoms with van der Waals surface area (Å²) in [5.41, 5.74) is 0. The van der Waals surface area contributed by atoms with Gasteiger partial charge in [0.15, 0.2) is 0 Å². The van der Waals surface area contributed by atoms with Gasteiger partial charge in [0.05, 0.1) is 12.7 Å². The quantitative estimate of drug-likeness (QED) is 0.136. The molecular formula is C25H37FN3O8P. The van der Waals surface area contributed by atoms with Crippen LogP contribution in [0.1, 0.15) is 45.4 Å². The Morgan fingerprint density at radius 1 is 1.21 bits per heavy atom. The van der Waals surface area contributed by atoms with Crippen LogP contribution in [0.2, 0.25) is 0 Å². The fourth-order valence-corrected chi connectivity index (χ4v) is 5.04. The number of esters is 1. The summed E-state index contributed by atoms with van der Waals surface area (Å²) in [6.45, 7) is 1.09. The largest absolute Gasteiger partial charge is 0.461 e. The molecule has 3 atom stereocenters. The van der Waals surface area contributed by atoms with Crippen molar-refractivity contribution < 1.29 is 41.9 Å². The Balaban J connectivity index is 2.03. The van der Waals surface area contributed by atoms with E-state index < -0.39 is 38.2 Å². The number of carbonyl (C=O) groups excluding carboxylic acids is 3.